The van der Waals surface area contributed by atoms with E-state index in [2.05, 4.69) is 15.3 Å². The van der Waals surface area contributed by atoms with Crippen molar-refractivity contribution in [2.24, 2.45) is 7.05 Å². The average Bonchev–Trinajstić information content (AvgIpc) is 3.10. The molecular weight excluding hydrogens is 442 g/mol. The van der Waals surface area contributed by atoms with Crippen LogP contribution in [0.25, 0.3) is 22.2 Å². The van der Waals surface area contributed by atoms with Crippen LogP contribution < -0.4 is 11.1 Å². The Morgan fingerprint density at radius 3 is 2.61 bits per heavy atom. The maximum absolute atomic E-state index is 14.0. The van der Waals surface area contributed by atoms with Crippen LogP contribution in [0.1, 0.15) is 17.2 Å². The Labute approximate surface area is 184 Å². The summed E-state index contributed by atoms with van der Waals surface area (Å²) in [6.07, 6.45) is -3.87. The van der Waals surface area contributed by atoms with Crippen molar-refractivity contribution in [3.05, 3.63) is 71.9 Å². The molecule has 0 saturated carbocycles. The Morgan fingerprint density at radius 1 is 1.15 bits per heavy atom. The zero-order valence-corrected chi connectivity index (χ0v) is 17.1. The highest BCUT2D eigenvalue weighted by molar-refractivity contribution is 6.02. The standard InChI is InChI=1S/C22H17F4N5O2/c1-31-9-15(17-19(27)28-10-29-20(17)31)14-6-5-13(8-16(14)22(24,25)26)30-21(33)18(32)11-3-2-4-12(23)7-11/h2-10,18,32H,1H3,(H,30,33)(H2,27,28,29)/t18-/m0/s1. The van der Waals surface area contributed by atoms with Gasteiger partial charge in [-0.15, -0.1) is 0 Å². The molecule has 0 bridgehead atoms. The molecule has 0 aliphatic rings. The van der Waals surface area contributed by atoms with Gasteiger partial charge in [-0.1, -0.05) is 18.2 Å². The number of nitrogens with two attached hydrogens (primary N) is 1. The van der Waals surface area contributed by atoms with Crippen LogP contribution in [0.2, 0.25) is 0 Å². The van der Waals surface area contributed by atoms with Crippen molar-refractivity contribution in [1.29, 1.82) is 0 Å². The largest absolute Gasteiger partial charge is 0.417 e. The van der Waals surface area contributed by atoms with E-state index < -0.39 is 29.6 Å². The van der Waals surface area contributed by atoms with Gasteiger partial charge >= 0.3 is 6.18 Å². The van der Waals surface area contributed by atoms with Crippen LogP contribution in [0.4, 0.5) is 29.1 Å². The lowest BCUT2D eigenvalue weighted by atomic mass is 9.98. The van der Waals surface area contributed by atoms with Crippen LogP contribution in [0.3, 0.4) is 0 Å². The second-order valence-corrected chi connectivity index (χ2v) is 7.32. The smallest absolute Gasteiger partial charge is 0.383 e. The number of aliphatic hydroxyl groups is 1. The predicted molar refractivity (Wildman–Crippen MR) is 113 cm³/mol. The summed E-state index contributed by atoms with van der Waals surface area (Å²) >= 11 is 0. The molecule has 0 unspecified atom stereocenters. The van der Waals surface area contributed by atoms with Crippen LogP contribution in [-0.4, -0.2) is 25.5 Å². The van der Waals surface area contributed by atoms with Gasteiger partial charge in [-0.2, -0.15) is 13.2 Å². The van der Waals surface area contributed by atoms with E-state index in [9.17, 15) is 27.5 Å². The molecule has 1 amide bonds. The number of halogens is 4. The summed E-state index contributed by atoms with van der Waals surface area (Å²) in [5.41, 5.74) is 5.00. The number of aryl methyl sites for hydroxylation is 1. The normalized spacial score (nSPS) is 12.7. The summed E-state index contributed by atoms with van der Waals surface area (Å²) in [6, 6.07) is 7.93. The van der Waals surface area contributed by atoms with Crippen LogP contribution in [-0.2, 0) is 18.0 Å². The molecule has 0 saturated heterocycles. The minimum atomic E-state index is -4.77. The Bertz CT molecular complexity index is 1370. The zero-order chi connectivity index (χ0) is 23.9. The molecule has 2 aromatic carbocycles. The van der Waals surface area contributed by atoms with Gasteiger partial charge in [-0.3, -0.25) is 4.79 Å². The maximum Gasteiger partial charge on any atom is 0.417 e. The molecule has 0 aliphatic heterocycles. The molecule has 2 aromatic heterocycles. The van der Waals surface area contributed by atoms with E-state index in [-0.39, 0.29) is 33.6 Å². The van der Waals surface area contributed by atoms with Crippen molar-refractivity contribution in [2.45, 2.75) is 12.3 Å². The third kappa shape index (κ3) is 4.22. The van der Waals surface area contributed by atoms with Crippen LogP contribution in [0, 0.1) is 5.82 Å². The number of benzene rings is 2. The van der Waals surface area contributed by atoms with Crippen molar-refractivity contribution in [2.75, 3.05) is 11.1 Å². The number of fused-ring (bicyclic) bond motifs is 1. The molecule has 0 radical (unpaired) electrons. The molecular formula is C22H17F4N5O2. The van der Waals surface area contributed by atoms with Crippen molar-refractivity contribution in [3.63, 3.8) is 0 Å². The highest BCUT2D eigenvalue weighted by Gasteiger charge is 2.35. The van der Waals surface area contributed by atoms with Crippen LogP contribution in [0.15, 0.2) is 55.0 Å². The number of aromatic nitrogens is 3. The summed E-state index contributed by atoms with van der Waals surface area (Å²) in [7, 11) is 1.62. The lowest BCUT2D eigenvalue weighted by Gasteiger charge is -2.16. The zero-order valence-electron chi connectivity index (χ0n) is 17.1. The summed E-state index contributed by atoms with van der Waals surface area (Å²) in [5.74, 6) is -1.65. The van der Waals surface area contributed by atoms with Crippen molar-refractivity contribution >= 4 is 28.4 Å². The molecule has 170 valence electrons. The third-order valence-electron chi connectivity index (χ3n) is 5.08. The molecule has 33 heavy (non-hydrogen) atoms. The van der Waals surface area contributed by atoms with Gasteiger partial charge in [0.15, 0.2) is 6.10 Å². The summed E-state index contributed by atoms with van der Waals surface area (Å²) in [6.45, 7) is 0. The minimum absolute atomic E-state index is 0.0271. The van der Waals surface area contributed by atoms with Gasteiger partial charge in [0, 0.05) is 24.5 Å². The number of hydrogen-bond donors (Lipinski definition) is 3. The van der Waals surface area contributed by atoms with E-state index in [1.165, 1.54) is 41.4 Å². The Morgan fingerprint density at radius 2 is 1.91 bits per heavy atom. The van der Waals surface area contributed by atoms with E-state index >= 15 is 0 Å². The number of hydrogen-bond acceptors (Lipinski definition) is 5. The van der Waals surface area contributed by atoms with Crippen LogP contribution in [0.5, 0.6) is 0 Å². The molecule has 0 spiro atoms. The molecule has 4 N–H and O–H groups in total. The number of nitrogens with one attached hydrogen (secondary N) is 1. The number of nitrogens with zero attached hydrogens (tertiary/aromatic N) is 3. The van der Waals surface area contributed by atoms with Gasteiger partial charge in [-0.25, -0.2) is 14.4 Å². The number of carbonyl (C=O) groups is 1. The van der Waals surface area contributed by atoms with Gasteiger partial charge < -0.3 is 20.7 Å². The fourth-order valence-electron chi connectivity index (χ4n) is 3.57. The van der Waals surface area contributed by atoms with Gasteiger partial charge in [0.1, 0.15) is 23.6 Å². The van der Waals surface area contributed by atoms with E-state index in [0.29, 0.717) is 5.65 Å². The number of amides is 1. The van der Waals surface area contributed by atoms with Crippen molar-refractivity contribution < 1.29 is 27.5 Å². The Kier molecular flexibility index (Phi) is 5.50. The minimum Gasteiger partial charge on any atom is -0.383 e. The quantitative estimate of drug-likeness (QED) is 0.400. The fourth-order valence-corrected chi connectivity index (χ4v) is 3.57. The van der Waals surface area contributed by atoms with Crippen molar-refractivity contribution in [1.82, 2.24) is 14.5 Å². The lowest BCUT2D eigenvalue weighted by molar-refractivity contribution is -0.137. The van der Waals surface area contributed by atoms with E-state index in [0.717, 1.165) is 18.2 Å². The molecule has 1 atom stereocenters. The van der Waals surface area contributed by atoms with E-state index in [1.54, 1.807) is 7.05 Å². The molecule has 4 rings (SSSR count). The lowest BCUT2D eigenvalue weighted by Crippen LogP contribution is -2.21. The van der Waals surface area contributed by atoms with Gasteiger partial charge in [0.05, 0.1) is 10.9 Å². The fraction of sp³-hybridized carbons (Fsp3) is 0.136. The summed E-state index contributed by atoms with van der Waals surface area (Å²) < 4.78 is 56.8. The topological polar surface area (TPSA) is 106 Å². The molecule has 7 nitrogen and oxygen atoms in total. The monoisotopic (exact) mass is 459 g/mol. The Balaban J connectivity index is 1.74. The number of carbonyl (C=O) groups excluding carboxylic acids is 1. The first-order valence-electron chi connectivity index (χ1n) is 9.57. The summed E-state index contributed by atoms with van der Waals surface area (Å²) in [4.78, 5) is 20.3. The highest BCUT2D eigenvalue weighted by atomic mass is 19.4. The van der Waals surface area contributed by atoms with Crippen LogP contribution >= 0.6 is 0 Å². The van der Waals surface area contributed by atoms with E-state index in [1.807, 2.05) is 0 Å². The third-order valence-corrected chi connectivity index (χ3v) is 5.08. The molecule has 11 heteroatoms. The predicted octanol–water partition coefficient (Wildman–Crippen LogP) is 4.05. The van der Waals surface area contributed by atoms with E-state index in [4.69, 9.17) is 5.73 Å². The second-order valence-electron chi connectivity index (χ2n) is 7.32. The Hall–Kier alpha value is -3.99. The van der Waals surface area contributed by atoms with Gasteiger partial charge in [0.2, 0.25) is 0 Å². The first-order valence-corrected chi connectivity index (χ1v) is 9.57. The number of rotatable bonds is 4. The maximum atomic E-state index is 14.0. The molecule has 2 heterocycles. The number of nitrogen functional groups attached to an aromatic ring is 1. The number of alkyl halides is 3. The van der Waals surface area contributed by atoms with Gasteiger partial charge in [0.25, 0.3) is 5.91 Å². The van der Waals surface area contributed by atoms with Gasteiger partial charge in [-0.05, 0) is 35.4 Å². The first kappa shape index (κ1) is 22.2. The number of anilines is 2. The molecule has 4 aromatic rings. The second kappa shape index (κ2) is 8.17. The highest BCUT2D eigenvalue weighted by Crippen LogP contribution is 2.42. The molecule has 0 aliphatic carbocycles. The summed E-state index contributed by atoms with van der Waals surface area (Å²) in [5, 5.41) is 12.7. The first-order chi connectivity index (χ1) is 15.6. The number of aliphatic hydroxyl groups excluding tert-OH is 1. The SMILES string of the molecule is Cn1cc(-c2ccc(NC(=O)[C@@H](O)c3cccc(F)c3)cc2C(F)(F)F)c2c(N)ncnc21. The average molecular weight is 459 g/mol. The van der Waals surface area contributed by atoms with Crippen molar-refractivity contribution in [3.8, 4) is 11.1 Å². The molecule has 0 fully saturated rings.